The van der Waals surface area contributed by atoms with E-state index in [0.717, 1.165) is 35.8 Å². The lowest BCUT2D eigenvalue weighted by molar-refractivity contribution is 0.123. The van der Waals surface area contributed by atoms with Crippen LogP contribution >= 0.6 is 0 Å². The molecule has 0 aliphatic carbocycles. The van der Waals surface area contributed by atoms with Crippen LogP contribution < -0.4 is 20.5 Å². The van der Waals surface area contributed by atoms with Crippen LogP contribution in [0.1, 0.15) is 11.3 Å². The molecule has 1 fully saturated rings. The molecule has 8 nitrogen and oxygen atoms in total. The van der Waals surface area contributed by atoms with Gasteiger partial charge in [0.15, 0.2) is 0 Å². The molecule has 1 aromatic heterocycles. The van der Waals surface area contributed by atoms with E-state index in [9.17, 15) is 4.79 Å². The van der Waals surface area contributed by atoms with Gasteiger partial charge in [-0.3, -0.25) is 9.78 Å². The van der Waals surface area contributed by atoms with Crippen molar-refractivity contribution in [1.29, 1.82) is 0 Å². The predicted molar refractivity (Wildman–Crippen MR) is 111 cm³/mol. The van der Waals surface area contributed by atoms with Crippen LogP contribution in [0.2, 0.25) is 0 Å². The van der Waals surface area contributed by atoms with Gasteiger partial charge >= 0.3 is 0 Å². The van der Waals surface area contributed by atoms with E-state index in [2.05, 4.69) is 25.4 Å². The average Bonchev–Trinajstić information content (AvgIpc) is 2.77. The lowest BCUT2D eigenvalue weighted by atomic mass is 10.1. The molecule has 1 aliphatic heterocycles. The van der Waals surface area contributed by atoms with Crippen molar-refractivity contribution >= 4 is 17.3 Å². The first-order valence-electron chi connectivity index (χ1n) is 9.50. The molecule has 3 aromatic rings. The van der Waals surface area contributed by atoms with Gasteiger partial charge < -0.3 is 19.7 Å². The molecule has 2 aromatic carbocycles. The Bertz CT molecular complexity index is 1010. The van der Waals surface area contributed by atoms with Crippen molar-refractivity contribution in [2.24, 2.45) is 0 Å². The Balaban J connectivity index is 1.50. The number of rotatable bonds is 6. The number of anilines is 3. The fraction of sp³-hybridized carbons (Fsp3) is 0.286. The third kappa shape index (κ3) is 4.55. The smallest absolute Gasteiger partial charge is 0.274 e. The zero-order valence-electron chi connectivity index (χ0n) is 16.2. The van der Waals surface area contributed by atoms with Crippen molar-refractivity contribution in [3.63, 3.8) is 0 Å². The van der Waals surface area contributed by atoms with Crippen molar-refractivity contribution in [2.75, 3.05) is 43.6 Å². The molecule has 8 heteroatoms. The number of aromatic nitrogens is 3. The van der Waals surface area contributed by atoms with Crippen LogP contribution in [0.3, 0.4) is 0 Å². The van der Waals surface area contributed by atoms with Crippen molar-refractivity contribution < 1.29 is 9.47 Å². The summed E-state index contributed by atoms with van der Waals surface area (Å²) in [6.45, 7) is 3.04. The highest BCUT2D eigenvalue weighted by atomic mass is 16.5. The van der Waals surface area contributed by atoms with Gasteiger partial charge in [0.05, 0.1) is 31.7 Å². The number of methoxy groups -OCH3 is 1. The van der Waals surface area contributed by atoms with Crippen LogP contribution in [0.25, 0.3) is 0 Å². The third-order valence-electron chi connectivity index (χ3n) is 4.80. The van der Waals surface area contributed by atoms with Gasteiger partial charge in [0.1, 0.15) is 11.4 Å². The van der Waals surface area contributed by atoms with Crippen molar-refractivity contribution in [1.82, 2.24) is 15.2 Å². The Morgan fingerprint density at radius 2 is 1.86 bits per heavy atom. The lowest BCUT2D eigenvalue weighted by Gasteiger charge is -2.30. The molecule has 2 heterocycles. The summed E-state index contributed by atoms with van der Waals surface area (Å²) in [5, 5.41) is 11.5. The van der Waals surface area contributed by atoms with Crippen LogP contribution in [0.5, 0.6) is 5.75 Å². The van der Waals surface area contributed by atoms with Crippen LogP contribution in [0.4, 0.5) is 17.3 Å². The molecule has 4 rings (SSSR count). The molecule has 0 amide bonds. The minimum Gasteiger partial charge on any atom is -0.497 e. The molecule has 1 aliphatic rings. The Hall–Kier alpha value is -3.39. The van der Waals surface area contributed by atoms with Gasteiger partial charge in [0.2, 0.25) is 5.95 Å². The SMILES string of the molecule is COc1ccc(Cc2nnc(Nc3ccccc3N3CCOCC3)[nH]c2=O)cc1. The van der Waals surface area contributed by atoms with E-state index >= 15 is 0 Å². The molecule has 0 unspecified atom stereocenters. The monoisotopic (exact) mass is 393 g/mol. The number of hydrogen-bond acceptors (Lipinski definition) is 7. The van der Waals surface area contributed by atoms with E-state index < -0.39 is 0 Å². The van der Waals surface area contributed by atoms with Gasteiger partial charge in [-0.25, -0.2) is 0 Å². The van der Waals surface area contributed by atoms with Crippen LogP contribution in [0.15, 0.2) is 53.3 Å². The number of para-hydroxylation sites is 2. The minimum atomic E-state index is -0.262. The molecule has 0 saturated carbocycles. The number of benzene rings is 2. The quantitative estimate of drug-likeness (QED) is 0.664. The predicted octanol–water partition coefficient (Wildman–Crippen LogP) is 2.34. The van der Waals surface area contributed by atoms with Crippen LogP contribution in [-0.2, 0) is 11.2 Å². The second-order valence-corrected chi connectivity index (χ2v) is 6.72. The Kier molecular flexibility index (Phi) is 5.71. The minimum absolute atomic E-state index is 0.262. The van der Waals surface area contributed by atoms with Gasteiger partial charge in [0.25, 0.3) is 5.56 Å². The van der Waals surface area contributed by atoms with Gasteiger partial charge in [-0.2, -0.15) is 0 Å². The summed E-state index contributed by atoms with van der Waals surface area (Å²) in [5.74, 6) is 1.08. The normalized spacial score (nSPS) is 13.9. The van der Waals surface area contributed by atoms with E-state index in [1.54, 1.807) is 7.11 Å². The first-order chi connectivity index (χ1) is 14.2. The first-order valence-corrected chi connectivity index (χ1v) is 9.50. The maximum absolute atomic E-state index is 12.5. The zero-order valence-corrected chi connectivity index (χ0v) is 16.2. The van der Waals surface area contributed by atoms with Gasteiger partial charge in [-0.05, 0) is 29.8 Å². The fourth-order valence-corrected chi connectivity index (χ4v) is 3.26. The highest BCUT2D eigenvalue weighted by Crippen LogP contribution is 2.27. The zero-order chi connectivity index (χ0) is 20.1. The van der Waals surface area contributed by atoms with Gasteiger partial charge in [0, 0.05) is 19.5 Å². The molecular formula is C21H23N5O3. The summed E-state index contributed by atoms with van der Waals surface area (Å²) in [7, 11) is 1.62. The molecule has 1 saturated heterocycles. The Labute approximate surface area is 168 Å². The highest BCUT2D eigenvalue weighted by molar-refractivity contribution is 5.73. The highest BCUT2D eigenvalue weighted by Gasteiger charge is 2.15. The van der Waals surface area contributed by atoms with Crippen LogP contribution in [0, 0.1) is 0 Å². The van der Waals surface area contributed by atoms with E-state index in [4.69, 9.17) is 9.47 Å². The van der Waals surface area contributed by atoms with E-state index in [0.29, 0.717) is 31.3 Å². The topological polar surface area (TPSA) is 92.4 Å². The summed E-state index contributed by atoms with van der Waals surface area (Å²) >= 11 is 0. The van der Waals surface area contributed by atoms with Crippen molar-refractivity contribution in [3.05, 3.63) is 70.1 Å². The van der Waals surface area contributed by atoms with Crippen molar-refractivity contribution in [2.45, 2.75) is 6.42 Å². The van der Waals surface area contributed by atoms with Gasteiger partial charge in [-0.15, -0.1) is 10.2 Å². The summed E-state index contributed by atoms with van der Waals surface area (Å²) < 4.78 is 10.6. The number of hydrogen-bond donors (Lipinski definition) is 2. The maximum atomic E-state index is 12.5. The molecular weight excluding hydrogens is 370 g/mol. The second kappa shape index (κ2) is 8.74. The van der Waals surface area contributed by atoms with E-state index in [-0.39, 0.29) is 5.56 Å². The number of H-pyrrole nitrogens is 1. The molecule has 150 valence electrons. The van der Waals surface area contributed by atoms with E-state index in [1.165, 1.54) is 0 Å². The molecule has 0 spiro atoms. The van der Waals surface area contributed by atoms with Gasteiger partial charge in [-0.1, -0.05) is 24.3 Å². The van der Waals surface area contributed by atoms with Crippen molar-refractivity contribution in [3.8, 4) is 5.75 Å². The fourth-order valence-electron chi connectivity index (χ4n) is 3.26. The largest absolute Gasteiger partial charge is 0.497 e. The average molecular weight is 393 g/mol. The summed E-state index contributed by atoms with van der Waals surface area (Å²) in [6, 6.07) is 15.5. The molecule has 0 radical (unpaired) electrons. The number of aromatic amines is 1. The number of nitrogens with one attached hydrogen (secondary N) is 2. The summed E-state index contributed by atoms with van der Waals surface area (Å²) in [5.41, 5.74) is 2.97. The second-order valence-electron chi connectivity index (χ2n) is 6.72. The number of morpholine rings is 1. The molecule has 2 N–H and O–H groups in total. The molecule has 29 heavy (non-hydrogen) atoms. The Morgan fingerprint density at radius 1 is 1.10 bits per heavy atom. The first kappa shape index (κ1) is 18.9. The lowest BCUT2D eigenvalue weighted by Crippen LogP contribution is -2.36. The number of ether oxygens (including phenoxy) is 2. The maximum Gasteiger partial charge on any atom is 0.274 e. The standard InChI is InChI=1S/C21H23N5O3/c1-28-16-8-6-15(7-9-16)14-18-20(27)23-21(25-24-18)22-17-4-2-3-5-19(17)26-10-12-29-13-11-26/h2-9H,10-14H2,1H3,(H2,22,23,25,27). The third-order valence-corrected chi connectivity index (χ3v) is 4.80. The molecule has 0 bridgehead atoms. The number of nitrogens with zero attached hydrogens (tertiary/aromatic N) is 3. The summed E-state index contributed by atoms with van der Waals surface area (Å²) in [4.78, 5) is 17.5. The van der Waals surface area contributed by atoms with Crippen LogP contribution in [-0.4, -0.2) is 48.6 Å². The van der Waals surface area contributed by atoms with E-state index in [1.807, 2.05) is 48.5 Å². The summed E-state index contributed by atoms with van der Waals surface area (Å²) in [6.07, 6.45) is 0.400. The molecule has 0 atom stereocenters. The Morgan fingerprint density at radius 3 is 2.59 bits per heavy atom.